The van der Waals surface area contributed by atoms with Crippen LogP contribution in [0.2, 0.25) is 0 Å². The first kappa shape index (κ1) is 13.8. The first-order valence-electron chi connectivity index (χ1n) is 6.39. The molecule has 0 bridgehead atoms. The van der Waals surface area contributed by atoms with E-state index in [9.17, 15) is 0 Å². The van der Waals surface area contributed by atoms with Gasteiger partial charge in [0.05, 0.1) is 6.61 Å². The van der Waals surface area contributed by atoms with E-state index in [0.29, 0.717) is 6.54 Å². The van der Waals surface area contributed by atoms with E-state index in [0.717, 1.165) is 24.3 Å². The molecule has 0 saturated carbocycles. The summed E-state index contributed by atoms with van der Waals surface area (Å²) in [5.41, 5.74) is 6.70. The van der Waals surface area contributed by atoms with E-state index >= 15 is 0 Å². The van der Waals surface area contributed by atoms with Crippen LogP contribution in [0.5, 0.6) is 5.75 Å². The number of ether oxygens (including phenoxy) is 1. The molecule has 0 heterocycles. The first-order chi connectivity index (χ1) is 8.36. The second kappa shape index (κ2) is 8.82. The number of allylic oxidation sites excluding steroid dienone is 2. The Kier molecular flexibility index (Phi) is 7.15. The van der Waals surface area contributed by atoms with Crippen molar-refractivity contribution in [2.45, 2.75) is 39.2 Å². The zero-order chi connectivity index (χ0) is 12.3. The molecular weight excluding hydrogens is 210 g/mol. The highest BCUT2D eigenvalue weighted by atomic mass is 16.5. The summed E-state index contributed by atoms with van der Waals surface area (Å²) in [4.78, 5) is 0. The number of nitrogens with two attached hydrogens (primary N) is 1. The Morgan fingerprint density at radius 3 is 2.88 bits per heavy atom. The van der Waals surface area contributed by atoms with E-state index in [1.165, 1.54) is 19.3 Å². The van der Waals surface area contributed by atoms with Crippen molar-refractivity contribution in [1.29, 1.82) is 0 Å². The number of benzene rings is 1. The fourth-order valence-corrected chi connectivity index (χ4v) is 1.66. The maximum Gasteiger partial charge on any atom is 0.119 e. The summed E-state index contributed by atoms with van der Waals surface area (Å²) >= 11 is 0. The number of hydrogen-bond donors (Lipinski definition) is 1. The van der Waals surface area contributed by atoms with Gasteiger partial charge in [-0.2, -0.15) is 0 Å². The van der Waals surface area contributed by atoms with Crippen LogP contribution >= 0.6 is 0 Å². The molecule has 0 aliphatic rings. The van der Waals surface area contributed by atoms with Gasteiger partial charge in [0, 0.05) is 6.54 Å². The average Bonchev–Trinajstić information content (AvgIpc) is 2.38. The molecule has 1 aromatic rings. The highest BCUT2D eigenvalue weighted by Crippen LogP contribution is 2.13. The van der Waals surface area contributed by atoms with Crippen LogP contribution < -0.4 is 10.5 Å². The molecule has 0 aromatic heterocycles. The van der Waals surface area contributed by atoms with Gasteiger partial charge in [0.15, 0.2) is 0 Å². The van der Waals surface area contributed by atoms with Crippen LogP contribution in [0.15, 0.2) is 36.4 Å². The smallest absolute Gasteiger partial charge is 0.119 e. The molecule has 1 aromatic carbocycles. The van der Waals surface area contributed by atoms with Gasteiger partial charge in [-0.1, -0.05) is 24.3 Å². The largest absolute Gasteiger partial charge is 0.494 e. The van der Waals surface area contributed by atoms with Crippen LogP contribution in [0.4, 0.5) is 0 Å². The zero-order valence-corrected chi connectivity index (χ0v) is 10.7. The van der Waals surface area contributed by atoms with E-state index in [2.05, 4.69) is 19.1 Å². The second-order valence-corrected chi connectivity index (χ2v) is 4.12. The zero-order valence-electron chi connectivity index (χ0n) is 10.7. The third kappa shape index (κ3) is 6.12. The van der Waals surface area contributed by atoms with Gasteiger partial charge in [-0.3, -0.25) is 0 Å². The first-order valence-corrected chi connectivity index (χ1v) is 6.39. The van der Waals surface area contributed by atoms with Crippen LogP contribution in [0.1, 0.15) is 38.2 Å². The highest BCUT2D eigenvalue weighted by molar-refractivity contribution is 5.28. The quantitative estimate of drug-likeness (QED) is 0.549. The monoisotopic (exact) mass is 233 g/mol. The van der Waals surface area contributed by atoms with Crippen molar-refractivity contribution in [2.24, 2.45) is 5.73 Å². The van der Waals surface area contributed by atoms with Crippen molar-refractivity contribution >= 4 is 0 Å². The van der Waals surface area contributed by atoms with Crippen LogP contribution in [0, 0.1) is 0 Å². The molecule has 0 aliphatic carbocycles. The minimum atomic E-state index is 0.570. The minimum absolute atomic E-state index is 0.570. The van der Waals surface area contributed by atoms with E-state index in [1.807, 2.05) is 24.3 Å². The van der Waals surface area contributed by atoms with Gasteiger partial charge in [-0.15, -0.1) is 0 Å². The predicted octanol–water partition coefficient (Wildman–Crippen LogP) is 3.66. The van der Waals surface area contributed by atoms with Gasteiger partial charge >= 0.3 is 0 Å². The maximum absolute atomic E-state index is 5.68. The van der Waals surface area contributed by atoms with Crippen LogP contribution in [0.25, 0.3) is 0 Å². The molecule has 0 atom stereocenters. The molecule has 0 radical (unpaired) electrons. The molecular formula is C15H23NO. The predicted molar refractivity (Wildman–Crippen MR) is 73.1 cm³/mol. The third-order valence-corrected chi connectivity index (χ3v) is 2.65. The molecule has 2 nitrogen and oxygen atoms in total. The average molecular weight is 233 g/mol. The van der Waals surface area contributed by atoms with Crippen molar-refractivity contribution in [2.75, 3.05) is 6.61 Å². The molecule has 0 spiro atoms. The summed E-state index contributed by atoms with van der Waals surface area (Å²) in [6.07, 6.45) is 9.08. The van der Waals surface area contributed by atoms with E-state index < -0.39 is 0 Å². The fraction of sp³-hybridized carbons (Fsp3) is 0.467. The number of unbranched alkanes of at least 4 members (excludes halogenated alkanes) is 3. The lowest BCUT2D eigenvalue weighted by Crippen LogP contribution is -2.00. The van der Waals surface area contributed by atoms with Gasteiger partial charge in [0.2, 0.25) is 0 Å². The summed E-state index contributed by atoms with van der Waals surface area (Å²) in [5, 5.41) is 0. The summed E-state index contributed by atoms with van der Waals surface area (Å²) < 4.78 is 5.68. The topological polar surface area (TPSA) is 35.2 Å². The summed E-state index contributed by atoms with van der Waals surface area (Å²) in [6, 6.07) is 8.01. The Bertz CT molecular complexity index is 333. The summed E-state index contributed by atoms with van der Waals surface area (Å²) in [6.45, 7) is 3.43. The van der Waals surface area contributed by atoms with E-state index in [1.54, 1.807) is 0 Å². The van der Waals surface area contributed by atoms with Crippen molar-refractivity contribution < 1.29 is 4.74 Å². The molecule has 0 fully saturated rings. The molecule has 0 saturated heterocycles. The van der Waals surface area contributed by atoms with Crippen LogP contribution in [-0.2, 0) is 6.54 Å². The van der Waals surface area contributed by atoms with Crippen LogP contribution in [0.3, 0.4) is 0 Å². The molecule has 0 amide bonds. The van der Waals surface area contributed by atoms with Crippen molar-refractivity contribution in [3.8, 4) is 5.75 Å². The van der Waals surface area contributed by atoms with Crippen molar-refractivity contribution in [1.82, 2.24) is 0 Å². The lowest BCUT2D eigenvalue weighted by molar-refractivity contribution is 0.305. The Hall–Kier alpha value is -1.28. The van der Waals surface area contributed by atoms with E-state index in [-0.39, 0.29) is 0 Å². The molecule has 17 heavy (non-hydrogen) atoms. The lowest BCUT2D eigenvalue weighted by atomic mass is 10.2. The third-order valence-electron chi connectivity index (χ3n) is 2.65. The fourth-order valence-electron chi connectivity index (χ4n) is 1.66. The molecule has 0 aliphatic heterocycles. The van der Waals surface area contributed by atoms with Crippen molar-refractivity contribution in [3.05, 3.63) is 42.0 Å². The standard InChI is InChI=1S/C15H23NO/c1-2-3-4-5-6-7-11-17-15-10-8-9-14(12-15)13-16/h2-3,8-10,12H,4-7,11,13,16H2,1H3. The van der Waals surface area contributed by atoms with Crippen molar-refractivity contribution in [3.63, 3.8) is 0 Å². The van der Waals surface area contributed by atoms with Gasteiger partial charge in [-0.05, 0) is 50.3 Å². The molecule has 2 N–H and O–H groups in total. The normalized spacial score (nSPS) is 10.9. The summed E-state index contributed by atoms with van der Waals surface area (Å²) in [5.74, 6) is 0.932. The lowest BCUT2D eigenvalue weighted by Gasteiger charge is -2.07. The van der Waals surface area contributed by atoms with Gasteiger partial charge in [0.25, 0.3) is 0 Å². The van der Waals surface area contributed by atoms with Gasteiger partial charge < -0.3 is 10.5 Å². The Morgan fingerprint density at radius 2 is 2.12 bits per heavy atom. The number of rotatable bonds is 8. The molecule has 94 valence electrons. The van der Waals surface area contributed by atoms with Gasteiger partial charge in [-0.25, -0.2) is 0 Å². The molecule has 1 rings (SSSR count). The van der Waals surface area contributed by atoms with E-state index in [4.69, 9.17) is 10.5 Å². The highest BCUT2D eigenvalue weighted by Gasteiger charge is 1.95. The van der Waals surface area contributed by atoms with Gasteiger partial charge in [0.1, 0.15) is 5.75 Å². The summed E-state index contributed by atoms with van der Waals surface area (Å²) in [7, 11) is 0. The molecule has 0 unspecified atom stereocenters. The Balaban J connectivity index is 2.13. The maximum atomic E-state index is 5.68. The number of hydrogen-bond acceptors (Lipinski definition) is 2. The second-order valence-electron chi connectivity index (χ2n) is 4.12. The Morgan fingerprint density at radius 1 is 1.24 bits per heavy atom. The SMILES string of the molecule is CC=CCCCCCOc1cccc(CN)c1. The molecule has 2 heteroatoms. The van der Waals surface area contributed by atoms with Crippen LogP contribution in [-0.4, -0.2) is 6.61 Å². The Labute approximate surface area is 104 Å². The minimum Gasteiger partial charge on any atom is -0.494 e.